The summed E-state index contributed by atoms with van der Waals surface area (Å²) in [5.41, 5.74) is 0. The van der Waals surface area contributed by atoms with Crippen molar-refractivity contribution < 1.29 is 4.74 Å². The molecule has 2 fully saturated rings. The molecule has 2 saturated heterocycles. The minimum atomic E-state index is 0. The molecule has 2 aliphatic rings. The van der Waals surface area contributed by atoms with Crippen LogP contribution in [0.2, 0.25) is 0 Å². The first-order valence-electron chi connectivity index (χ1n) is 5.36. The van der Waals surface area contributed by atoms with Gasteiger partial charge in [0, 0.05) is 25.0 Å². The van der Waals surface area contributed by atoms with Crippen molar-refractivity contribution in [3.05, 3.63) is 0 Å². The fourth-order valence-electron chi connectivity index (χ4n) is 2.28. The maximum atomic E-state index is 5.63. The van der Waals surface area contributed by atoms with E-state index >= 15 is 0 Å². The Balaban J connectivity index is 0.000000980. The van der Waals surface area contributed by atoms with Gasteiger partial charge in [-0.25, -0.2) is 0 Å². The van der Waals surface area contributed by atoms with Crippen LogP contribution in [0.15, 0.2) is 0 Å². The molecule has 2 heterocycles. The van der Waals surface area contributed by atoms with Crippen molar-refractivity contribution in [2.45, 2.75) is 32.5 Å². The number of nitrogens with zero attached hydrogens (tertiary/aromatic N) is 1. The Morgan fingerprint density at radius 3 is 2.71 bits per heavy atom. The van der Waals surface area contributed by atoms with Crippen molar-refractivity contribution in [3.8, 4) is 0 Å². The largest absolute Gasteiger partial charge is 0.362 e. The molecule has 4 heteroatoms. The molecule has 0 spiro atoms. The van der Waals surface area contributed by atoms with Crippen LogP contribution >= 0.6 is 12.4 Å². The lowest BCUT2D eigenvalue weighted by molar-refractivity contribution is 0.0535. The van der Waals surface area contributed by atoms with Gasteiger partial charge in [0.15, 0.2) is 0 Å². The lowest BCUT2D eigenvalue weighted by Crippen LogP contribution is -2.35. The summed E-state index contributed by atoms with van der Waals surface area (Å²) in [6.45, 7) is 8.90. The van der Waals surface area contributed by atoms with Crippen molar-refractivity contribution >= 4 is 12.4 Å². The molecule has 2 atom stereocenters. The summed E-state index contributed by atoms with van der Waals surface area (Å²) in [5, 5.41) is 3.41. The van der Waals surface area contributed by atoms with E-state index in [1.54, 1.807) is 0 Å². The Bertz CT molecular complexity index is 172. The molecule has 0 saturated carbocycles. The first kappa shape index (κ1) is 12.2. The fourth-order valence-corrected chi connectivity index (χ4v) is 2.28. The smallest absolute Gasteiger partial charge is 0.112 e. The monoisotopic (exact) mass is 220 g/mol. The van der Waals surface area contributed by atoms with Crippen molar-refractivity contribution in [2.24, 2.45) is 5.92 Å². The third-order valence-corrected chi connectivity index (χ3v) is 3.16. The fraction of sp³-hybridized carbons (Fsp3) is 1.00. The zero-order valence-corrected chi connectivity index (χ0v) is 9.85. The SMILES string of the molecule is CC(C)N1CCC(C2NCCO2)C1.Cl. The van der Waals surface area contributed by atoms with Crippen molar-refractivity contribution in [3.63, 3.8) is 0 Å². The zero-order chi connectivity index (χ0) is 9.26. The first-order chi connectivity index (χ1) is 6.27. The maximum Gasteiger partial charge on any atom is 0.112 e. The van der Waals surface area contributed by atoms with E-state index in [1.807, 2.05) is 0 Å². The summed E-state index contributed by atoms with van der Waals surface area (Å²) in [7, 11) is 0. The van der Waals surface area contributed by atoms with E-state index in [0.29, 0.717) is 18.2 Å². The summed E-state index contributed by atoms with van der Waals surface area (Å²) in [4.78, 5) is 2.54. The lowest BCUT2D eigenvalue weighted by Gasteiger charge is -2.22. The number of hydrogen-bond acceptors (Lipinski definition) is 3. The minimum absolute atomic E-state index is 0. The molecule has 2 unspecified atom stereocenters. The Morgan fingerprint density at radius 2 is 2.21 bits per heavy atom. The molecule has 1 N–H and O–H groups in total. The summed E-state index contributed by atoms with van der Waals surface area (Å²) >= 11 is 0. The van der Waals surface area contributed by atoms with Crippen LogP contribution in [-0.4, -0.2) is 43.4 Å². The van der Waals surface area contributed by atoms with E-state index in [2.05, 4.69) is 24.1 Å². The molecule has 0 radical (unpaired) electrons. The van der Waals surface area contributed by atoms with Crippen LogP contribution in [0.1, 0.15) is 20.3 Å². The van der Waals surface area contributed by atoms with Crippen LogP contribution in [0.3, 0.4) is 0 Å². The molecule has 0 aromatic rings. The topological polar surface area (TPSA) is 24.5 Å². The Labute approximate surface area is 92.6 Å². The summed E-state index contributed by atoms with van der Waals surface area (Å²) in [6, 6.07) is 0.686. The third-order valence-electron chi connectivity index (χ3n) is 3.16. The Kier molecular flexibility index (Phi) is 4.64. The van der Waals surface area contributed by atoms with Gasteiger partial charge in [-0.1, -0.05) is 0 Å². The molecule has 2 rings (SSSR count). The van der Waals surface area contributed by atoms with Gasteiger partial charge in [-0.3, -0.25) is 5.32 Å². The number of nitrogens with one attached hydrogen (secondary N) is 1. The predicted molar refractivity (Wildman–Crippen MR) is 59.8 cm³/mol. The molecular weight excluding hydrogens is 200 g/mol. The number of hydrogen-bond donors (Lipinski definition) is 1. The number of halogens is 1. The lowest BCUT2D eigenvalue weighted by atomic mass is 10.1. The maximum absolute atomic E-state index is 5.63. The second-order valence-electron chi connectivity index (χ2n) is 4.38. The van der Waals surface area contributed by atoms with E-state index < -0.39 is 0 Å². The van der Waals surface area contributed by atoms with Gasteiger partial charge in [0.1, 0.15) is 6.23 Å². The van der Waals surface area contributed by atoms with Gasteiger partial charge in [-0.05, 0) is 26.8 Å². The van der Waals surface area contributed by atoms with Crippen LogP contribution in [0.5, 0.6) is 0 Å². The molecule has 0 aromatic heterocycles. The van der Waals surface area contributed by atoms with E-state index in [1.165, 1.54) is 19.5 Å². The van der Waals surface area contributed by atoms with Crippen LogP contribution in [0.4, 0.5) is 0 Å². The molecule has 0 aliphatic carbocycles. The Morgan fingerprint density at radius 1 is 1.43 bits per heavy atom. The molecule has 0 amide bonds. The van der Waals surface area contributed by atoms with Crippen molar-refractivity contribution in [1.29, 1.82) is 0 Å². The highest BCUT2D eigenvalue weighted by Gasteiger charge is 2.32. The van der Waals surface area contributed by atoms with Gasteiger partial charge in [0.25, 0.3) is 0 Å². The van der Waals surface area contributed by atoms with Gasteiger partial charge >= 0.3 is 0 Å². The van der Waals surface area contributed by atoms with Gasteiger partial charge in [-0.15, -0.1) is 12.4 Å². The molecule has 3 nitrogen and oxygen atoms in total. The first-order valence-corrected chi connectivity index (χ1v) is 5.36. The second kappa shape index (κ2) is 5.31. The highest BCUT2D eigenvalue weighted by molar-refractivity contribution is 5.85. The van der Waals surface area contributed by atoms with E-state index in [0.717, 1.165) is 13.2 Å². The van der Waals surface area contributed by atoms with Gasteiger partial charge < -0.3 is 9.64 Å². The van der Waals surface area contributed by atoms with E-state index in [9.17, 15) is 0 Å². The highest BCUT2D eigenvalue weighted by Crippen LogP contribution is 2.23. The average molecular weight is 221 g/mol. The molecule has 14 heavy (non-hydrogen) atoms. The molecule has 2 aliphatic heterocycles. The summed E-state index contributed by atoms with van der Waals surface area (Å²) in [6.07, 6.45) is 1.62. The van der Waals surface area contributed by atoms with E-state index in [-0.39, 0.29) is 12.4 Å². The standard InChI is InChI=1S/C10H20N2O.ClH/c1-8(2)12-5-3-9(7-12)10-11-4-6-13-10;/h8-11H,3-7H2,1-2H3;1H. The molecule has 84 valence electrons. The summed E-state index contributed by atoms with van der Waals surface area (Å²) < 4.78 is 5.63. The van der Waals surface area contributed by atoms with Crippen LogP contribution in [0, 0.1) is 5.92 Å². The number of ether oxygens (including phenoxy) is 1. The van der Waals surface area contributed by atoms with Crippen molar-refractivity contribution in [1.82, 2.24) is 10.2 Å². The second-order valence-corrected chi connectivity index (χ2v) is 4.38. The van der Waals surface area contributed by atoms with Gasteiger partial charge in [0.2, 0.25) is 0 Å². The number of likely N-dealkylation sites (tertiary alicyclic amines) is 1. The van der Waals surface area contributed by atoms with Crippen LogP contribution < -0.4 is 5.32 Å². The van der Waals surface area contributed by atoms with Crippen LogP contribution in [-0.2, 0) is 4.74 Å². The predicted octanol–water partition coefficient (Wildman–Crippen LogP) is 1.08. The molecule has 0 aromatic carbocycles. The zero-order valence-electron chi connectivity index (χ0n) is 9.03. The Hall–Kier alpha value is 0.170. The van der Waals surface area contributed by atoms with Gasteiger partial charge in [0.05, 0.1) is 6.61 Å². The summed E-state index contributed by atoms with van der Waals surface area (Å²) in [5.74, 6) is 0.713. The normalized spacial score (nSPS) is 33.6. The third kappa shape index (κ3) is 2.60. The van der Waals surface area contributed by atoms with Crippen molar-refractivity contribution in [2.75, 3.05) is 26.2 Å². The van der Waals surface area contributed by atoms with Crippen LogP contribution in [0.25, 0.3) is 0 Å². The number of rotatable bonds is 2. The highest BCUT2D eigenvalue weighted by atomic mass is 35.5. The quantitative estimate of drug-likeness (QED) is 0.754. The van der Waals surface area contributed by atoms with E-state index in [4.69, 9.17) is 4.74 Å². The molecule has 0 bridgehead atoms. The minimum Gasteiger partial charge on any atom is -0.362 e. The van der Waals surface area contributed by atoms with Gasteiger partial charge in [-0.2, -0.15) is 0 Å². The average Bonchev–Trinajstić information content (AvgIpc) is 2.75. The molecular formula is C10H21ClN2O.